The second-order valence-corrected chi connectivity index (χ2v) is 5.09. The second kappa shape index (κ2) is 6.35. The summed E-state index contributed by atoms with van der Waals surface area (Å²) in [5.74, 6) is -0.214. The van der Waals surface area contributed by atoms with Crippen molar-refractivity contribution in [2.45, 2.75) is 19.4 Å². The van der Waals surface area contributed by atoms with Gasteiger partial charge in [0.15, 0.2) is 0 Å². The smallest absolute Gasteiger partial charge is 0.123 e. The predicted octanol–water partition coefficient (Wildman–Crippen LogP) is 4.32. The van der Waals surface area contributed by atoms with Crippen molar-refractivity contribution in [3.8, 4) is 11.1 Å². The number of hydrogen-bond donors (Lipinski definition) is 0. The molecule has 106 valence electrons. The van der Waals surface area contributed by atoms with E-state index in [2.05, 4.69) is 29.4 Å². The lowest BCUT2D eigenvalue weighted by molar-refractivity contribution is 0.579. The van der Waals surface area contributed by atoms with Gasteiger partial charge < -0.3 is 0 Å². The zero-order valence-electron chi connectivity index (χ0n) is 11.7. The molecule has 0 aliphatic carbocycles. The highest BCUT2D eigenvalue weighted by atomic mass is 19.1. The van der Waals surface area contributed by atoms with Gasteiger partial charge >= 0.3 is 0 Å². The highest BCUT2D eigenvalue weighted by Crippen LogP contribution is 2.18. The lowest BCUT2D eigenvalue weighted by atomic mass is 10.1. The third-order valence-electron chi connectivity index (χ3n) is 3.51. The van der Waals surface area contributed by atoms with Crippen LogP contribution in [0.2, 0.25) is 0 Å². The summed E-state index contributed by atoms with van der Waals surface area (Å²) in [6, 6.07) is 17.0. The highest BCUT2D eigenvalue weighted by Gasteiger charge is 2.02. The molecule has 0 saturated carbocycles. The van der Waals surface area contributed by atoms with Gasteiger partial charge in [-0.3, -0.25) is 4.68 Å². The third kappa shape index (κ3) is 3.57. The maximum absolute atomic E-state index is 12.9. The first-order valence-corrected chi connectivity index (χ1v) is 7.13. The maximum Gasteiger partial charge on any atom is 0.123 e. The summed E-state index contributed by atoms with van der Waals surface area (Å²) >= 11 is 0. The highest BCUT2D eigenvalue weighted by molar-refractivity contribution is 5.61. The molecule has 0 N–H and O–H groups in total. The average Bonchev–Trinajstić information content (AvgIpc) is 2.98. The van der Waals surface area contributed by atoms with Gasteiger partial charge in [-0.25, -0.2) is 4.39 Å². The Morgan fingerprint density at radius 3 is 2.43 bits per heavy atom. The largest absolute Gasteiger partial charge is 0.272 e. The zero-order valence-corrected chi connectivity index (χ0v) is 11.7. The number of aryl methyl sites for hydroxylation is 2. The third-order valence-corrected chi connectivity index (χ3v) is 3.51. The molecule has 3 rings (SSSR count). The Bertz CT molecular complexity index is 687. The molecule has 0 saturated heterocycles. The molecule has 21 heavy (non-hydrogen) atoms. The Morgan fingerprint density at radius 1 is 0.905 bits per heavy atom. The molecule has 0 aliphatic rings. The molecule has 1 aromatic heterocycles. The summed E-state index contributed by atoms with van der Waals surface area (Å²) in [7, 11) is 0. The van der Waals surface area contributed by atoms with E-state index in [1.54, 1.807) is 12.1 Å². The minimum Gasteiger partial charge on any atom is -0.272 e. The summed E-state index contributed by atoms with van der Waals surface area (Å²) in [6.45, 7) is 0.885. The Balaban J connectivity index is 1.59. The van der Waals surface area contributed by atoms with Gasteiger partial charge in [0, 0.05) is 18.3 Å². The molecular weight excluding hydrogens is 263 g/mol. The van der Waals surface area contributed by atoms with Crippen LogP contribution in [0.4, 0.5) is 4.39 Å². The number of hydrogen-bond acceptors (Lipinski definition) is 1. The molecule has 0 unspecified atom stereocenters. The lowest BCUT2D eigenvalue weighted by Crippen LogP contribution is -1.99. The SMILES string of the molecule is Fc1ccc(-c2cnn(CCCc3ccccc3)c2)cc1. The standard InChI is InChI=1S/C18H17FN2/c19-18-10-8-16(9-11-18)17-13-20-21(14-17)12-4-7-15-5-2-1-3-6-15/h1-3,5-6,8-11,13-14H,4,7,12H2. The van der Waals surface area contributed by atoms with Crippen LogP contribution >= 0.6 is 0 Å². The second-order valence-electron chi connectivity index (χ2n) is 5.09. The summed E-state index contributed by atoms with van der Waals surface area (Å²) in [5, 5.41) is 4.37. The molecule has 0 atom stereocenters. The number of benzene rings is 2. The van der Waals surface area contributed by atoms with E-state index in [4.69, 9.17) is 0 Å². The van der Waals surface area contributed by atoms with E-state index in [0.717, 1.165) is 30.5 Å². The van der Waals surface area contributed by atoms with Crippen LogP contribution in [-0.4, -0.2) is 9.78 Å². The van der Waals surface area contributed by atoms with E-state index in [1.165, 1.54) is 17.7 Å². The normalized spacial score (nSPS) is 10.7. The Morgan fingerprint density at radius 2 is 1.67 bits per heavy atom. The Hall–Kier alpha value is -2.42. The fraction of sp³-hybridized carbons (Fsp3) is 0.167. The van der Waals surface area contributed by atoms with Crippen molar-refractivity contribution in [3.63, 3.8) is 0 Å². The van der Waals surface area contributed by atoms with E-state index in [1.807, 2.05) is 23.1 Å². The van der Waals surface area contributed by atoms with Gasteiger partial charge in [0.2, 0.25) is 0 Å². The van der Waals surface area contributed by atoms with E-state index >= 15 is 0 Å². The zero-order chi connectivity index (χ0) is 14.5. The van der Waals surface area contributed by atoms with Crippen molar-refractivity contribution in [2.24, 2.45) is 0 Å². The fourth-order valence-electron chi connectivity index (χ4n) is 2.37. The summed E-state index contributed by atoms with van der Waals surface area (Å²) in [6.07, 6.45) is 5.94. The van der Waals surface area contributed by atoms with Crippen molar-refractivity contribution in [2.75, 3.05) is 0 Å². The molecule has 0 radical (unpaired) electrons. The van der Waals surface area contributed by atoms with Gasteiger partial charge in [0.1, 0.15) is 5.82 Å². The fourth-order valence-corrected chi connectivity index (χ4v) is 2.37. The number of aromatic nitrogens is 2. The van der Waals surface area contributed by atoms with Crippen LogP contribution < -0.4 is 0 Å². The molecular formula is C18H17FN2. The van der Waals surface area contributed by atoms with Crippen LogP contribution in [0, 0.1) is 5.82 Å². The molecule has 3 aromatic rings. The Kier molecular flexibility index (Phi) is 4.10. The molecule has 2 aromatic carbocycles. The van der Waals surface area contributed by atoms with E-state index in [9.17, 15) is 4.39 Å². The van der Waals surface area contributed by atoms with Gasteiger partial charge in [0.05, 0.1) is 6.20 Å². The van der Waals surface area contributed by atoms with E-state index in [0.29, 0.717) is 0 Å². The first-order valence-electron chi connectivity index (χ1n) is 7.13. The van der Waals surface area contributed by atoms with E-state index < -0.39 is 0 Å². The monoisotopic (exact) mass is 280 g/mol. The molecule has 1 heterocycles. The van der Waals surface area contributed by atoms with Crippen molar-refractivity contribution < 1.29 is 4.39 Å². The van der Waals surface area contributed by atoms with Gasteiger partial charge in [0.25, 0.3) is 0 Å². The van der Waals surface area contributed by atoms with Crippen LogP contribution in [0.15, 0.2) is 67.0 Å². The van der Waals surface area contributed by atoms with Crippen LogP contribution in [0.25, 0.3) is 11.1 Å². The molecule has 0 aliphatic heterocycles. The number of halogens is 1. The molecule has 0 fully saturated rings. The predicted molar refractivity (Wildman–Crippen MR) is 82.4 cm³/mol. The Labute approximate surface area is 123 Å². The van der Waals surface area contributed by atoms with Crippen LogP contribution in [0.1, 0.15) is 12.0 Å². The van der Waals surface area contributed by atoms with Gasteiger partial charge in [-0.1, -0.05) is 42.5 Å². The van der Waals surface area contributed by atoms with Crippen molar-refractivity contribution in [3.05, 3.63) is 78.4 Å². The molecule has 0 spiro atoms. The van der Waals surface area contributed by atoms with Crippen molar-refractivity contribution in [1.82, 2.24) is 9.78 Å². The molecule has 0 amide bonds. The van der Waals surface area contributed by atoms with Crippen LogP contribution in [0.5, 0.6) is 0 Å². The molecule has 3 heteroatoms. The quantitative estimate of drug-likeness (QED) is 0.680. The minimum absolute atomic E-state index is 0.214. The first kappa shape index (κ1) is 13.6. The van der Waals surface area contributed by atoms with E-state index in [-0.39, 0.29) is 5.82 Å². The minimum atomic E-state index is -0.214. The molecule has 2 nitrogen and oxygen atoms in total. The van der Waals surface area contributed by atoms with Gasteiger partial charge in [-0.05, 0) is 36.1 Å². The van der Waals surface area contributed by atoms with Gasteiger partial charge in [-0.15, -0.1) is 0 Å². The summed E-state index contributed by atoms with van der Waals surface area (Å²) < 4.78 is 14.9. The summed E-state index contributed by atoms with van der Waals surface area (Å²) in [4.78, 5) is 0. The van der Waals surface area contributed by atoms with Crippen molar-refractivity contribution >= 4 is 0 Å². The van der Waals surface area contributed by atoms with Gasteiger partial charge in [-0.2, -0.15) is 5.10 Å². The first-order chi connectivity index (χ1) is 10.3. The number of nitrogens with zero attached hydrogens (tertiary/aromatic N) is 2. The summed E-state index contributed by atoms with van der Waals surface area (Å²) in [5.41, 5.74) is 3.36. The topological polar surface area (TPSA) is 17.8 Å². The number of rotatable bonds is 5. The van der Waals surface area contributed by atoms with Crippen molar-refractivity contribution in [1.29, 1.82) is 0 Å². The van der Waals surface area contributed by atoms with Crippen LogP contribution in [0.3, 0.4) is 0 Å². The van der Waals surface area contributed by atoms with Crippen LogP contribution in [-0.2, 0) is 13.0 Å². The molecule has 0 bridgehead atoms. The lowest BCUT2D eigenvalue weighted by Gasteiger charge is -2.02. The maximum atomic E-state index is 12.9. The average molecular weight is 280 g/mol.